The highest BCUT2D eigenvalue weighted by molar-refractivity contribution is 6.30. The Balaban J connectivity index is 1.62. The highest BCUT2D eigenvalue weighted by atomic mass is 35.5. The summed E-state index contributed by atoms with van der Waals surface area (Å²) in [7, 11) is 3.87. The third kappa shape index (κ3) is 4.71. The fourth-order valence-electron chi connectivity index (χ4n) is 4.01. The lowest BCUT2D eigenvalue weighted by atomic mass is 9.90. The molecular weight excluding hydrogens is 412 g/mol. The topological polar surface area (TPSA) is 67.2 Å². The Morgan fingerprint density at radius 2 is 2.00 bits per heavy atom. The van der Waals surface area contributed by atoms with Crippen LogP contribution in [0.2, 0.25) is 5.02 Å². The summed E-state index contributed by atoms with van der Waals surface area (Å²) in [6.45, 7) is 3.64. The fourth-order valence-corrected chi connectivity index (χ4v) is 4.13. The predicted molar refractivity (Wildman–Crippen MR) is 122 cm³/mol. The van der Waals surface area contributed by atoms with E-state index >= 15 is 0 Å². The van der Waals surface area contributed by atoms with Gasteiger partial charge in [-0.2, -0.15) is 0 Å². The van der Waals surface area contributed by atoms with E-state index in [1.165, 1.54) is 0 Å². The lowest BCUT2D eigenvalue weighted by molar-refractivity contribution is -0.133. The van der Waals surface area contributed by atoms with Crippen LogP contribution in [0.1, 0.15) is 30.3 Å². The van der Waals surface area contributed by atoms with Crippen molar-refractivity contribution in [3.8, 4) is 11.1 Å². The molecule has 1 aliphatic rings. The molecule has 4 rings (SSSR count). The van der Waals surface area contributed by atoms with Gasteiger partial charge in [-0.3, -0.25) is 4.79 Å². The van der Waals surface area contributed by atoms with Crippen molar-refractivity contribution in [2.24, 2.45) is 0 Å². The van der Waals surface area contributed by atoms with Gasteiger partial charge in [-0.1, -0.05) is 23.7 Å². The number of anilines is 1. The molecule has 0 bridgehead atoms. The minimum atomic E-state index is 0.112. The van der Waals surface area contributed by atoms with Crippen LogP contribution < -0.4 is 4.90 Å². The molecule has 1 amide bonds. The van der Waals surface area contributed by atoms with Gasteiger partial charge in [0.15, 0.2) is 0 Å². The van der Waals surface area contributed by atoms with Crippen LogP contribution in [0.4, 0.5) is 5.95 Å². The van der Waals surface area contributed by atoms with Gasteiger partial charge >= 0.3 is 0 Å². The highest BCUT2D eigenvalue weighted by Crippen LogP contribution is 2.34. The number of carbonyl (C=O) groups is 1. The molecule has 7 nitrogen and oxygen atoms in total. The van der Waals surface area contributed by atoms with E-state index in [1.807, 2.05) is 72.0 Å². The molecule has 0 spiro atoms. The highest BCUT2D eigenvalue weighted by Gasteiger charge is 2.28. The van der Waals surface area contributed by atoms with E-state index < -0.39 is 0 Å². The van der Waals surface area contributed by atoms with E-state index in [4.69, 9.17) is 16.6 Å². The SMILES string of the molecule is Cc1nccn1CC(=O)N1CCC[C@@H](c2nc(N(C)C)ncc2-c2ccc(Cl)cc2)C1. The number of likely N-dealkylation sites (tertiary alicyclic amines) is 1. The quantitative estimate of drug-likeness (QED) is 0.606. The number of benzene rings is 1. The van der Waals surface area contributed by atoms with Crippen molar-refractivity contribution in [3.63, 3.8) is 0 Å². The van der Waals surface area contributed by atoms with Crippen LogP contribution in [0, 0.1) is 6.92 Å². The van der Waals surface area contributed by atoms with E-state index in [2.05, 4.69) is 9.97 Å². The number of hydrogen-bond acceptors (Lipinski definition) is 5. The minimum Gasteiger partial charge on any atom is -0.347 e. The molecule has 2 aromatic heterocycles. The second kappa shape index (κ2) is 9.06. The van der Waals surface area contributed by atoms with Gasteiger partial charge in [0.25, 0.3) is 0 Å². The third-order valence-corrected chi connectivity index (χ3v) is 6.00. The van der Waals surface area contributed by atoms with Crippen molar-refractivity contribution in [1.82, 2.24) is 24.4 Å². The third-order valence-electron chi connectivity index (χ3n) is 5.75. The molecule has 0 N–H and O–H groups in total. The smallest absolute Gasteiger partial charge is 0.242 e. The molecule has 31 heavy (non-hydrogen) atoms. The molecule has 1 aliphatic heterocycles. The molecule has 8 heteroatoms. The summed E-state index contributed by atoms with van der Waals surface area (Å²) in [5, 5.41) is 0.695. The number of nitrogens with zero attached hydrogens (tertiary/aromatic N) is 6. The van der Waals surface area contributed by atoms with Crippen molar-refractivity contribution in [1.29, 1.82) is 0 Å². The zero-order valence-corrected chi connectivity index (χ0v) is 18.9. The Kier molecular flexibility index (Phi) is 6.23. The number of aromatic nitrogens is 4. The van der Waals surface area contributed by atoms with Crippen molar-refractivity contribution in [2.45, 2.75) is 32.2 Å². The second-order valence-corrected chi connectivity index (χ2v) is 8.59. The summed E-state index contributed by atoms with van der Waals surface area (Å²) >= 11 is 6.09. The summed E-state index contributed by atoms with van der Waals surface area (Å²) < 4.78 is 1.89. The molecule has 1 fully saturated rings. The van der Waals surface area contributed by atoms with Gasteiger partial charge < -0.3 is 14.4 Å². The molecule has 1 atom stereocenters. The van der Waals surface area contributed by atoms with E-state index in [1.54, 1.807) is 6.20 Å². The van der Waals surface area contributed by atoms with Gasteiger partial charge in [0, 0.05) is 62.3 Å². The summed E-state index contributed by atoms with van der Waals surface area (Å²) in [4.78, 5) is 30.5. The number of hydrogen-bond donors (Lipinski definition) is 0. The largest absolute Gasteiger partial charge is 0.347 e. The Morgan fingerprint density at radius 1 is 1.23 bits per heavy atom. The van der Waals surface area contributed by atoms with Gasteiger partial charge in [0.05, 0.1) is 5.69 Å². The summed E-state index contributed by atoms with van der Waals surface area (Å²) in [6, 6.07) is 7.75. The predicted octanol–water partition coefficient (Wildman–Crippen LogP) is 3.77. The second-order valence-electron chi connectivity index (χ2n) is 8.15. The van der Waals surface area contributed by atoms with Crippen LogP contribution in [0.5, 0.6) is 0 Å². The maximum absolute atomic E-state index is 13.0. The number of aryl methyl sites for hydroxylation is 1. The standard InChI is InChI=1S/C23H27ClN6O/c1-16-25-10-12-29(16)15-21(31)30-11-4-5-18(14-30)22-20(13-26-23(27-22)28(2)3)17-6-8-19(24)9-7-17/h6-10,12-13,18H,4-5,11,14-15H2,1-3H3/t18-/m1/s1. The molecular formula is C23H27ClN6O. The Labute approximate surface area is 187 Å². The van der Waals surface area contributed by atoms with Gasteiger partial charge in [0.2, 0.25) is 11.9 Å². The van der Waals surface area contributed by atoms with Crippen molar-refractivity contribution in [3.05, 3.63) is 59.4 Å². The average Bonchev–Trinajstić information content (AvgIpc) is 3.18. The van der Waals surface area contributed by atoms with E-state index in [0.717, 1.165) is 42.0 Å². The van der Waals surface area contributed by atoms with E-state index in [-0.39, 0.29) is 11.8 Å². The van der Waals surface area contributed by atoms with Crippen LogP contribution in [-0.2, 0) is 11.3 Å². The maximum atomic E-state index is 13.0. The summed E-state index contributed by atoms with van der Waals surface area (Å²) in [6.07, 6.45) is 7.39. The normalized spacial score (nSPS) is 16.4. The molecule has 0 radical (unpaired) electrons. The first-order valence-corrected chi connectivity index (χ1v) is 10.9. The number of amides is 1. The zero-order valence-electron chi connectivity index (χ0n) is 18.1. The van der Waals surface area contributed by atoms with Crippen LogP contribution in [0.15, 0.2) is 42.9 Å². The monoisotopic (exact) mass is 438 g/mol. The molecule has 0 saturated carbocycles. The summed E-state index contributed by atoms with van der Waals surface area (Å²) in [5.41, 5.74) is 3.01. The van der Waals surface area contributed by atoms with E-state index in [0.29, 0.717) is 24.1 Å². The minimum absolute atomic E-state index is 0.112. The number of piperidine rings is 1. The lowest BCUT2D eigenvalue weighted by Crippen LogP contribution is -2.41. The maximum Gasteiger partial charge on any atom is 0.242 e. The number of carbonyl (C=O) groups excluding carboxylic acids is 1. The first-order chi connectivity index (χ1) is 14.9. The Bertz CT molecular complexity index is 1060. The first kappa shape index (κ1) is 21.3. The number of rotatable bonds is 5. The lowest BCUT2D eigenvalue weighted by Gasteiger charge is -2.33. The van der Waals surface area contributed by atoms with Crippen molar-refractivity contribution >= 4 is 23.5 Å². The molecule has 0 unspecified atom stereocenters. The van der Waals surface area contributed by atoms with Gasteiger partial charge in [-0.05, 0) is 37.5 Å². The molecule has 3 heterocycles. The van der Waals surface area contributed by atoms with Crippen LogP contribution >= 0.6 is 11.6 Å². The molecule has 162 valence electrons. The molecule has 3 aromatic rings. The first-order valence-electron chi connectivity index (χ1n) is 10.5. The van der Waals surface area contributed by atoms with E-state index in [9.17, 15) is 4.79 Å². The molecule has 0 aliphatic carbocycles. The van der Waals surface area contributed by atoms with Crippen molar-refractivity contribution < 1.29 is 4.79 Å². The summed E-state index contributed by atoms with van der Waals surface area (Å²) in [5.74, 6) is 1.78. The Hall–Kier alpha value is -2.93. The Morgan fingerprint density at radius 3 is 2.68 bits per heavy atom. The van der Waals surface area contributed by atoms with Crippen molar-refractivity contribution in [2.75, 3.05) is 32.1 Å². The van der Waals surface area contributed by atoms with Gasteiger partial charge in [0.1, 0.15) is 12.4 Å². The number of imidazole rings is 1. The zero-order chi connectivity index (χ0) is 22.0. The average molecular weight is 439 g/mol. The van der Waals surface area contributed by atoms with Gasteiger partial charge in [-0.15, -0.1) is 0 Å². The van der Waals surface area contributed by atoms with Crippen LogP contribution in [0.25, 0.3) is 11.1 Å². The molecule has 1 aromatic carbocycles. The number of halogens is 1. The fraction of sp³-hybridized carbons (Fsp3) is 0.391. The van der Waals surface area contributed by atoms with Crippen LogP contribution in [-0.4, -0.2) is 57.5 Å². The van der Waals surface area contributed by atoms with Crippen LogP contribution in [0.3, 0.4) is 0 Å². The molecule has 1 saturated heterocycles. The van der Waals surface area contributed by atoms with Gasteiger partial charge in [-0.25, -0.2) is 15.0 Å².